The van der Waals surface area contributed by atoms with Crippen molar-refractivity contribution in [2.75, 3.05) is 6.61 Å². The van der Waals surface area contributed by atoms with Gasteiger partial charge in [0.05, 0.1) is 11.3 Å². The van der Waals surface area contributed by atoms with Gasteiger partial charge in [-0.05, 0) is 19.3 Å². The molecule has 0 saturated carbocycles. The van der Waals surface area contributed by atoms with Crippen molar-refractivity contribution in [3.63, 3.8) is 0 Å². The molecule has 7 nitrogen and oxygen atoms in total. The van der Waals surface area contributed by atoms with E-state index in [0.29, 0.717) is 17.8 Å². The van der Waals surface area contributed by atoms with Crippen LogP contribution >= 0.6 is 0 Å². The second-order valence-corrected chi connectivity index (χ2v) is 4.87. The zero-order valence-corrected chi connectivity index (χ0v) is 11.9. The zero-order valence-electron chi connectivity index (χ0n) is 11.9. The number of hydrogen-bond donors (Lipinski definition) is 2. The lowest BCUT2D eigenvalue weighted by Gasteiger charge is -2.20. The monoisotopic (exact) mass is 277 g/mol. The smallest absolute Gasteiger partial charge is 0.254 e. The first-order valence-corrected chi connectivity index (χ1v) is 6.67. The van der Waals surface area contributed by atoms with E-state index in [2.05, 4.69) is 20.4 Å². The minimum atomic E-state index is -0.209. The van der Waals surface area contributed by atoms with Crippen LogP contribution in [0.25, 0.3) is 5.78 Å². The number of fused-ring (bicyclic) bond motifs is 1. The van der Waals surface area contributed by atoms with Gasteiger partial charge in [0.25, 0.3) is 11.7 Å². The average Bonchev–Trinajstić information content (AvgIpc) is 2.93. The number of carbonyl (C=O) groups excluding carboxylic acids is 1. The molecule has 0 aromatic carbocycles. The number of carbonyl (C=O) groups is 1. The minimum Gasteiger partial charge on any atom is -0.396 e. The molecule has 7 heteroatoms. The molecule has 108 valence electrons. The number of hydrogen-bond acceptors (Lipinski definition) is 5. The summed E-state index contributed by atoms with van der Waals surface area (Å²) in [6.45, 7) is 5.73. The number of aromatic nitrogens is 4. The van der Waals surface area contributed by atoms with E-state index in [0.717, 1.165) is 5.69 Å². The van der Waals surface area contributed by atoms with Crippen molar-refractivity contribution < 1.29 is 9.90 Å². The Morgan fingerprint density at radius 1 is 1.45 bits per heavy atom. The second kappa shape index (κ2) is 5.96. The van der Waals surface area contributed by atoms with Gasteiger partial charge >= 0.3 is 0 Å². The van der Waals surface area contributed by atoms with E-state index in [1.165, 1.54) is 12.5 Å². The van der Waals surface area contributed by atoms with Gasteiger partial charge in [-0.2, -0.15) is 10.1 Å². The van der Waals surface area contributed by atoms with Crippen LogP contribution in [0.2, 0.25) is 0 Å². The standard InChI is InChI=1S/C13H19N5O2/c1-4-11-10(5-14-13-15-7-16-18(11)13)12(20)17-9(3)8(2)6-19/h5,7-9,19H,4,6H2,1-3H3,(H,17,20). The van der Waals surface area contributed by atoms with Crippen molar-refractivity contribution in [2.45, 2.75) is 33.2 Å². The summed E-state index contributed by atoms with van der Waals surface area (Å²) in [6.07, 6.45) is 3.59. The molecule has 0 spiro atoms. The summed E-state index contributed by atoms with van der Waals surface area (Å²) in [5.41, 5.74) is 1.26. The Balaban J connectivity index is 2.30. The average molecular weight is 277 g/mol. The fourth-order valence-electron chi connectivity index (χ4n) is 1.94. The number of nitrogens with zero attached hydrogens (tertiary/aromatic N) is 4. The van der Waals surface area contributed by atoms with E-state index in [-0.39, 0.29) is 24.5 Å². The fraction of sp³-hybridized carbons (Fsp3) is 0.538. The van der Waals surface area contributed by atoms with E-state index < -0.39 is 0 Å². The van der Waals surface area contributed by atoms with Crippen LogP contribution in [0, 0.1) is 5.92 Å². The lowest BCUT2D eigenvalue weighted by molar-refractivity contribution is 0.0914. The van der Waals surface area contributed by atoms with Gasteiger partial charge in [-0.25, -0.2) is 9.50 Å². The molecule has 0 fully saturated rings. The third kappa shape index (κ3) is 2.62. The molecular formula is C13H19N5O2. The highest BCUT2D eigenvalue weighted by Gasteiger charge is 2.19. The second-order valence-electron chi connectivity index (χ2n) is 4.87. The predicted molar refractivity (Wildman–Crippen MR) is 73.3 cm³/mol. The van der Waals surface area contributed by atoms with Crippen molar-refractivity contribution >= 4 is 11.7 Å². The van der Waals surface area contributed by atoms with Gasteiger partial charge in [0.15, 0.2) is 0 Å². The maximum absolute atomic E-state index is 12.3. The van der Waals surface area contributed by atoms with Gasteiger partial charge in [0.2, 0.25) is 0 Å². The van der Waals surface area contributed by atoms with Crippen molar-refractivity contribution in [1.82, 2.24) is 24.9 Å². The largest absolute Gasteiger partial charge is 0.396 e. The number of aliphatic hydroxyl groups is 1. The minimum absolute atomic E-state index is 0.00733. The molecule has 2 aromatic heterocycles. The van der Waals surface area contributed by atoms with Gasteiger partial charge in [0.1, 0.15) is 6.33 Å². The summed E-state index contributed by atoms with van der Waals surface area (Å²) in [4.78, 5) is 20.5. The van der Waals surface area contributed by atoms with E-state index in [1.807, 2.05) is 20.8 Å². The van der Waals surface area contributed by atoms with Crippen molar-refractivity contribution in [1.29, 1.82) is 0 Å². The van der Waals surface area contributed by atoms with Crippen molar-refractivity contribution in [2.24, 2.45) is 5.92 Å². The summed E-state index contributed by atoms with van der Waals surface area (Å²) in [7, 11) is 0. The molecule has 2 unspecified atom stereocenters. The number of aryl methyl sites for hydroxylation is 1. The van der Waals surface area contributed by atoms with Crippen LogP contribution in [0.5, 0.6) is 0 Å². The Morgan fingerprint density at radius 2 is 2.20 bits per heavy atom. The van der Waals surface area contributed by atoms with Gasteiger partial charge in [-0.3, -0.25) is 4.79 Å². The fourth-order valence-corrected chi connectivity index (χ4v) is 1.94. The molecule has 0 aliphatic rings. The molecule has 0 bridgehead atoms. The highest BCUT2D eigenvalue weighted by molar-refractivity contribution is 5.95. The SMILES string of the molecule is CCc1c(C(=O)NC(C)C(C)CO)cnc2ncnn12. The molecule has 2 heterocycles. The van der Waals surface area contributed by atoms with Crippen molar-refractivity contribution in [3.8, 4) is 0 Å². The maximum atomic E-state index is 12.3. The van der Waals surface area contributed by atoms with Gasteiger partial charge < -0.3 is 10.4 Å². The molecule has 2 atom stereocenters. The Hall–Kier alpha value is -2.02. The van der Waals surface area contributed by atoms with Crippen LogP contribution in [-0.2, 0) is 6.42 Å². The summed E-state index contributed by atoms with van der Waals surface area (Å²) in [6, 6.07) is -0.122. The molecule has 2 N–H and O–H groups in total. The normalized spacial score (nSPS) is 14.2. The van der Waals surface area contributed by atoms with E-state index in [1.54, 1.807) is 4.52 Å². The molecule has 0 radical (unpaired) electrons. The zero-order chi connectivity index (χ0) is 14.7. The Kier molecular flexibility index (Phi) is 4.29. The van der Waals surface area contributed by atoms with Crippen LogP contribution in [0.15, 0.2) is 12.5 Å². The molecular weight excluding hydrogens is 258 g/mol. The first-order valence-electron chi connectivity index (χ1n) is 6.67. The molecule has 1 amide bonds. The van der Waals surface area contributed by atoms with Crippen molar-refractivity contribution in [3.05, 3.63) is 23.8 Å². The molecule has 20 heavy (non-hydrogen) atoms. The number of nitrogens with one attached hydrogen (secondary N) is 1. The van der Waals surface area contributed by atoms with Gasteiger partial charge in [-0.1, -0.05) is 13.8 Å². The summed E-state index contributed by atoms with van der Waals surface area (Å²) < 4.78 is 1.58. The Labute approximate surface area is 117 Å². The summed E-state index contributed by atoms with van der Waals surface area (Å²) >= 11 is 0. The maximum Gasteiger partial charge on any atom is 0.254 e. The molecule has 0 aliphatic carbocycles. The first-order chi connectivity index (χ1) is 9.58. The lowest BCUT2D eigenvalue weighted by atomic mass is 10.0. The number of rotatable bonds is 5. The van der Waals surface area contributed by atoms with Gasteiger partial charge in [0, 0.05) is 18.8 Å². The molecule has 0 saturated heterocycles. The Bertz CT molecular complexity index is 610. The third-order valence-electron chi connectivity index (χ3n) is 3.49. The first kappa shape index (κ1) is 14.4. The van der Waals surface area contributed by atoms with Crippen LogP contribution in [0.1, 0.15) is 36.8 Å². The van der Waals surface area contributed by atoms with Crippen LogP contribution in [0.4, 0.5) is 0 Å². The van der Waals surface area contributed by atoms with Crippen LogP contribution in [-0.4, -0.2) is 43.2 Å². The van der Waals surface area contributed by atoms with E-state index in [4.69, 9.17) is 5.11 Å². The third-order valence-corrected chi connectivity index (χ3v) is 3.49. The predicted octanol–water partition coefficient (Wildman–Crippen LogP) is 0.433. The van der Waals surface area contributed by atoms with Crippen LogP contribution in [0.3, 0.4) is 0 Å². The van der Waals surface area contributed by atoms with E-state index >= 15 is 0 Å². The quantitative estimate of drug-likeness (QED) is 0.827. The topological polar surface area (TPSA) is 92.4 Å². The van der Waals surface area contributed by atoms with Crippen LogP contribution < -0.4 is 5.32 Å². The van der Waals surface area contributed by atoms with Gasteiger partial charge in [-0.15, -0.1) is 0 Å². The Morgan fingerprint density at radius 3 is 2.85 bits per heavy atom. The molecule has 2 rings (SSSR count). The van der Waals surface area contributed by atoms with E-state index in [9.17, 15) is 4.79 Å². The number of aliphatic hydroxyl groups excluding tert-OH is 1. The summed E-state index contributed by atoms with van der Waals surface area (Å²) in [5.74, 6) is 0.266. The lowest BCUT2D eigenvalue weighted by Crippen LogP contribution is -2.39. The molecule has 0 aliphatic heterocycles. The number of amides is 1. The highest BCUT2D eigenvalue weighted by atomic mass is 16.3. The molecule has 2 aromatic rings. The highest BCUT2D eigenvalue weighted by Crippen LogP contribution is 2.11. The summed E-state index contributed by atoms with van der Waals surface area (Å²) in [5, 5.41) is 16.1.